The molecule has 0 spiro atoms. The molecule has 0 fully saturated rings. The Kier molecular flexibility index (Phi) is 4.80. The van der Waals surface area contributed by atoms with E-state index in [1.165, 1.54) is 0 Å². The SMILES string of the molecule is C=C(C)C(=O)Oc1cc(Br)cc2c3cc(Br)ccc3n(CCO)c12. The topological polar surface area (TPSA) is 51.5 Å². The lowest BCUT2D eigenvalue weighted by atomic mass is 10.1. The fourth-order valence-electron chi connectivity index (χ4n) is 2.73. The minimum Gasteiger partial charge on any atom is -0.421 e. The molecule has 4 nitrogen and oxygen atoms in total. The highest BCUT2D eigenvalue weighted by Crippen LogP contribution is 2.38. The van der Waals surface area contributed by atoms with Gasteiger partial charge in [-0.3, -0.25) is 0 Å². The maximum Gasteiger partial charge on any atom is 0.338 e. The summed E-state index contributed by atoms with van der Waals surface area (Å²) in [5.74, 6) is -0.0375. The number of esters is 1. The molecule has 1 heterocycles. The predicted octanol–water partition coefficient (Wildman–Crippen LogP) is 4.79. The van der Waals surface area contributed by atoms with E-state index in [4.69, 9.17) is 4.74 Å². The molecule has 0 aliphatic heterocycles. The van der Waals surface area contributed by atoms with E-state index in [9.17, 15) is 9.90 Å². The smallest absolute Gasteiger partial charge is 0.338 e. The van der Waals surface area contributed by atoms with Gasteiger partial charge in [0, 0.05) is 37.4 Å². The van der Waals surface area contributed by atoms with Crippen molar-refractivity contribution in [2.45, 2.75) is 13.5 Å². The molecule has 24 heavy (non-hydrogen) atoms. The molecular weight excluding hydrogens is 438 g/mol. The molecule has 3 rings (SSSR count). The lowest BCUT2D eigenvalue weighted by Crippen LogP contribution is -2.10. The number of aromatic nitrogens is 1. The number of carbonyl (C=O) groups is 1. The number of fused-ring (bicyclic) bond motifs is 3. The van der Waals surface area contributed by atoms with E-state index in [-0.39, 0.29) is 6.61 Å². The quantitative estimate of drug-likeness (QED) is 0.351. The van der Waals surface area contributed by atoms with Crippen LogP contribution in [-0.2, 0) is 11.3 Å². The molecule has 1 N–H and O–H groups in total. The Labute approximate surface area is 156 Å². The van der Waals surface area contributed by atoms with Crippen LogP contribution in [-0.4, -0.2) is 22.2 Å². The zero-order valence-corrected chi connectivity index (χ0v) is 16.1. The van der Waals surface area contributed by atoms with Crippen molar-refractivity contribution in [2.75, 3.05) is 6.61 Å². The van der Waals surface area contributed by atoms with Gasteiger partial charge in [-0.2, -0.15) is 0 Å². The number of hydrogen-bond acceptors (Lipinski definition) is 3. The van der Waals surface area contributed by atoms with Gasteiger partial charge in [-0.1, -0.05) is 38.4 Å². The molecule has 0 aliphatic rings. The first kappa shape index (κ1) is 17.2. The van der Waals surface area contributed by atoms with E-state index in [1.54, 1.807) is 13.0 Å². The van der Waals surface area contributed by atoms with Crippen molar-refractivity contribution in [1.82, 2.24) is 4.57 Å². The molecule has 0 unspecified atom stereocenters. The molecule has 0 saturated heterocycles. The molecule has 0 amide bonds. The lowest BCUT2D eigenvalue weighted by Gasteiger charge is -2.10. The third-order valence-electron chi connectivity index (χ3n) is 3.72. The number of halogens is 2. The van der Waals surface area contributed by atoms with Gasteiger partial charge in [-0.25, -0.2) is 4.79 Å². The summed E-state index contributed by atoms with van der Waals surface area (Å²) in [4.78, 5) is 12.0. The fraction of sp³-hybridized carbons (Fsp3) is 0.167. The van der Waals surface area contributed by atoms with Crippen LogP contribution in [0.2, 0.25) is 0 Å². The van der Waals surface area contributed by atoms with Crippen LogP contribution < -0.4 is 4.74 Å². The van der Waals surface area contributed by atoms with Crippen molar-refractivity contribution in [3.63, 3.8) is 0 Å². The van der Waals surface area contributed by atoms with Crippen molar-refractivity contribution in [3.05, 3.63) is 51.4 Å². The minimum absolute atomic E-state index is 0.0150. The first-order valence-corrected chi connectivity index (χ1v) is 8.90. The van der Waals surface area contributed by atoms with E-state index in [0.717, 1.165) is 30.8 Å². The van der Waals surface area contributed by atoms with E-state index < -0.39 is 5.97 Å². The number of benzene rings is 2. The van der Waals surface area contributed by atoms with E-state index in [0.29, 0.717) is 17.9 Å². The summed E-state index contributed by atoms with van der Waals surface area (Å²) < 4.78 is 9.26. The second-order valence-electron chi connectivity index (χ2n) is 5.51. The van der Waals surface area contributed by atoms with Crippen molar-refractivity contribution in [2.24, 2.45) is 0 Å². The number of rotatable bonds is 4. The van der Waals surface area contributed by atoms with Gasteiger partial charge >= 0.3 is 5.97 Å². The van der Waals surface area contributed by atoms with Crippen LogP contribution >= 0.6 is 31.9 Å². The summed E-state index contributed by atoms with van der Waals surface area (Å²) in [7, 11) is 0. The molecule has 2 aromatic carbocycles. The van der Waals surface area contributed by atoms with Crippen molar-refractivity contribution < 1.29 is 14.6 Å². The minimum atomic E-state index is -0.476. The standard InChI is InChI=1S/C18H15Br2NO3/c1-10(2)18(23)24-16-9-12(20)8-14-13-7-11(19)3-4-15(13)21(5-6-22)17(14)16/h3-4,7-9,22H,1,5-6H2,2H3. The fourth-order valence-corrected chi connectivity index (χ4v) is 3.53. The molecule has 0 saturated carbocycles. The zero-order valence-electron chi connectivity index (χ0n) is 13.0. The average molecular weight is 453 g/mol. The molecule has 124 valence electrons. The van der Waals surface area contributed by atoms with Gasteiger partial charge in [0.1, 0.15) is 0 Å². The van der Waals surface area contributed by atoms with Gasteiger partial charge < -0.3 is 14.4 Å². The van der Waals surface area contributed by atoms with Gasteiger partial charge in [-0.15, -0.1) is 0 Å². The molecule has 6 heteroatoms. The van der Waals surface area contributed by atoms with Crippen molar-refractivity contribution in [1.29, 1.82) is 0 Å². The van der Waals surface area contributed by atoms with Crippen LogP contribution in [0, 0.1) is 0 Å². The summed E-state index contributed by atoms with van der Waals surface area (Å²) in [6, 6.07) is 9.68. The van der Waals surface area contributed by atoms with Crippen molar-refractivity contribution in [3.8, 4) is 5.75 Å². The van der Waals surface area contributed by atoms with Gasteiger partial charge in [-0.05, 0) is 37.3 Å². The summed E-state index contributed by atoms with van der Waals surface area (Å²) in [5.41, 5.74) is 2.07. The summed E-state index contributed by atoms with van der Waals surface area (Å²) in [6.07, 6.45) is 0. The number of aliphatic hydroxyl groups is 1. The number of aliphatic hydroxyl groups excluding tert-OH is 1. The zero-order chi connectivity index (χ0) is 17.4. The highest BCUT2D eigenvalue weighted by atomic mass is 79.9. The first-order valence-electron chi connectivity index (χ1n) is 7.32. The Hall–Kier alpha value is -1.63. The van der Waals surface area contributed by atoms with E-state index >= 15 is 0 Å². The Morgan fingerprint density at radius 1 is 1.21 bits per heavy atom. The van der Waals surface area contributed by atoms with Crippen molar-refractivity contribution >= 4 is 59.6 Å². The molecule has 0 radical (unpaired) electrons. The van der Waals surface area contributed by atoms with Gasteiger partial charge in [0.15, 0.2) is 5.75 Å². The molecule has 0 bridgehead atoms. The summed E-state index contributed by atoms with van der Waals surface area (Å²) in [6.45, 7) is 5.63. The number of carbonyl (C=O) groups excluding carboxylic acids is 1. The van der Waals surface area contributed by atoms with E-state index in [1.807, 2.05) is 28.8 Å². The van der Waals surface area contributed by atoms with Crippen LogP contribution in [0.1, 0.15) is 6.92 Å². The van der Waals surface area contributed by atoms with Crippen LogP contribution in [0.25, 0.3) is 21.8 Å². The molecule has 0 atom stereocenters. The van der Waals surface area contributed by atoms with Crippen LogP contribution in [0.15, 0.2) is 51.4 Å². The Balaban J connectivity index is 2.38. The lowest BCUT2D eigenvalue weighted by molar-refractivity contribution is -0.130. The largest absolute Gasteiger partial charge is 0.421 e. The Bertz CT molecular complexity index is 975. The van der Waals surface area contributed by atoms with E-state index in [2.05, 4.69) is 38.4 Å². The summed E-state index contributed by atoms with van der Waals surface area (Å²) in [5, 5.41) is 11.4. The Morgan fingerprint density at radius 2 is 1.92 bits per heavy atom. The number of ether oxygens (including phenoxy) is 1. The monoisotopic (exact) mass is 451 g/mol. The van der Waals surface area contributed by atoms with Gasteiger partial charge in [0.25, 0.3) is 0 Å². The third-order valence-corrected chi connectivity index (χ3v) is 4.68. The highest BCUT2D eigenvalue weighted by Gasteiger charge is 2.18. The number of hydrogen-bond donors (Lipinski definition) is 1. The Morgan fingerprint density at radius 3 is 2.58 bits per heavy atom. The first-order chi connectivity index (χ1) is 11.4. The van der Waals surface area contributed by atoms with Crippen LogP contribution in [0.4, 0.5) is 0 Å². The van der Waals surface area contributed by atoms with Crippen LogP contribution in [0.5, 0.6) is 5.75 Å². The normalized spacial score (nSPS) is 11.2. The number of nitrogens with zero attached hydrogens (tertiary/aromatic N) is 1. The molecule has 3 aromatic rings. The third kappa shape index (κ3) is 3.01. The van der Waals surface area contributed by atoms with Crippen LogP contribution in [0.3, 0.4) is 0 Å². The molecule has 1 aromatic heterocycles. The maximum atomic E-state index is 12.0. The predicted molar refractivity (Wildman–Crippen MR) is 102 cm³/mol. The van der Waals surface area contributed by atoms with Gasteiger partial charge in [0.2, 0.25) is 0 Å². The molecule has 0 aliphatic carbocycles. The summed E-state index contributed by atoms with van der Waals surface area (Å²) >= 11 is 6.97. The maximum absolute atomic E-state index is 12.0. The second kappa shape index (κ2) is 6.70. The van der Waals surface area contributed by atoms with Gasteiger partial charge in [0.05, 0.1) is 12.1 Å². The highest BCUT2D eigenvalue weighted by molar-refractivity contribution is 9.10. The second-order valence-corrected chi connectivity index (χ2v) is 7.34. The molecular formula is C18H15Br2NO3. The average Bonchev–Trinajstić information content (AvgIpc) is 2.81.